The first-order valence-corrected chi connectivity index (χ1v) is 7.51. The first-order valence-electron chi connectivity index (χ1n) is 7.13. The molecule has 2 heteroatoms. The average molecular weight is 290 g/mol. The van der Waals surface area contributed by atoms with Gasteiger partial charge >= 0.3 is 0 Å². The molecule has 0 bridgehead atoms. The molecule has 1 aliphatic heterocycles. The van der Waals surface area contributed by atoms with Gasteiger partial charge in [-0.15, -0.1) is 0 Å². The fourth-order valence-electron chi connectivity index (χ4n) is 3.61. The van der Waals surface area contributed by atoms with Crippen molar-refractivity contribution >= 4 is 33.4 Å². The smallest absolute Gasteiger partial charge is 0.0727 e. The first kappa shape index (κ1) is 11.4. The van der Waals surface area contributed by atoms with E-state index >= 15 is 0 Å². The van der Waals surface area contributed by atoms with Crippen molar-refractivity contribution in [1.29, 1.82) is 0 Å². The van der Waals surface area contributed by atoms with Crippen molar-refractivity contribution in [2.75, 3.05) is 0 Å². The third-order valence-corrected chi connectivity index (χ3v) is 4.76. The maximum absolute atomic E-state index is 6.53. The molecule has 0 unspecified atom stereocenters. The van der Waals surface area contributed by atoms with Gasteiger partial charge < -0.3 is 4.57 Å². The molecule has 5 rings (SSSR count). The van der Waals surface area contributed by atoms with E-state index in [1.54, 1.807) is 0 Å². The maximum Gasteiger partial charge on any atom is 0.0727 e. The molecule has 0 saturated carbocycles. The van der Waals surface area contributed by atoms with Crippen molar-refractivity contribution in [3.63, 3.8) is 0 Å². The summed E-state index contributed by atoms with van der Waals surface area (Å²) in [6.07, 6.45) is 0.988. The van der Waals surface area contributed by atoms with Gasteiger partial charge in [-0.1, -0.05) is 60.1 Å². The van der Waals surface area contributed by atoms with Crippen LogP contribution in [0.3, 0.4) is 0 Å². The molecule has 0 aliphatic carbocycles. The molecule has 0 fully saturated rings. The van der Waals surface area contributed by atoms with Gasteiger partial charge in [-0.05, 0) is 23.3 Å². The molecule has 0 saturated heterocycles. The number of para-hydroxylation sites is 3. The number of rotatable bonds is 0. The standard InChI is InChI=1S/C19H12ClN/c20-16-9-4-8-15-14-7-3-6-13-11-12-5-1-2-10-17(12)21(18(13)14)19(15)16/h1-10H,11H2. The summed E-state index contributed by atoms with van der Waals surface area (Å²) in [6.45, 7) is 0. The molecule has 3 aromatic carbocycles. The van der Waals surface area contributed by atoms with Crippen molar-refractivity contribution in [3.05, 3.63) is 76.8 Å². The summed E-state index contributed by atoms with van der Waals surface area (Å²) in [5, 5.41) is 3.34. The molecule has 0 spiro atoms. The molecular formula is C19H12ClN. The van der Waals surface area contributed by atoms with Crippen LogP contribution < -0.4 is 0 Å². The second kappa shape index (κ2) is 3.90. The van der Waals surface area contributed by atoms with Crippen molar-refractivity contribution < 1.29 is 0 Å². The largest absolute Gasteiger partial charge is 0.307 e. The Labute approximate surface area is 127 Å². The van der Waals surface area contributed by atoms with Gasteiger partial charge in [0, 0.05) is 22.9 Å². The van der Waals surface area contributed by atoms with Crippen LogP contribution in [0.5, 0.6) is 0 Å². The zero-order chi connectivity index (χ0) is 14.0. The zero-order valence-corrected chi connectivity index (χ0v) is 12.1. The Bertz CT molecular complexity index is 1000. The van der Waals surface area contributed by atoms with E-state index in [2.05, 4.69) is 53.1 Å². The molecule has 100 valence electrons. The molecule has 1 aromatic heterocycles. The minimum Gasteiger partial charge on any atom is -0.307 e. The highest BCUT2D eigenvalue weighted by molar-refractivity contribution is 6.36. The van der Waals surface area contributed by atoms with Crippen molar-refractivity contribution in [2.45, 2.75) is 6.42 Å². The van der Waals surface area contributed by atoms with Gasteiger partial charge in [0.1, 0.15) is 0 Å². The number of nitrogens with zero attached hydrogens (tertiary/aromatic N) is 1. The van der Waals surface area contributed by atoms with Crippen molar-refractivity contribution in [3.8, 4) is 5.69 Å². The van der Waals surface area contributed by atoms with E-state index in [-0.39, 0.29) is 0 Å². The Balaban J connectivity index is 2.14. The highest BCUT2D eigenvalue weighted by Crippen LogP contribution is 2.41. The van der Waals surface area contributed by atoms with E-state index in [1.807, 2.05) is 12.1 Å². The molecule has 0 radical (unpaired) electrons. The molecule has 1 nitrogen and oxygen atoms in total. The van der Waals surface area contributed by atoms with Gasteiger partial charge in [0.2, 0.25) is 0 Å². The van der Waals surface area contributed by atoms with E-state index < -0.39 is 0 Å². The van der Waals surface area contributed by atoms with Crippen molar-refractivity contribution in [1.82, 2.24) is 4.57 Å². The lowest BCUT2D eigenvalue weighted by Crippen LogP contribution is -2.07. The van der Waals surface area contributed by atoms with E-state index in [0.717, 1.165) is 17.0 Å². The summed E-state index contributed by atoms with van der Waals surface area (Å²) in [6, 6.07) is 21.3. The summed E-state index contributed by atoms with van der Waals surface area (Å²) in [5.74, 6) is 0. The normalized spacial score (nSPS) is 12.8. The monoisotopic (exact) mass is 289 g/mol. The molecule has 0 atom stereocenters. The van der Waals surface area contributed by atoms with E-state index in [4.69, 9.17) is 11.6 Å². The summed E-state index contributed by atoms with van der Waals surface area (Å²) >= 11 is 6.53. The van der Waals surface area contributed by atoms with Crippen LogP contribution in [-0.4, -0.2) is 4.57 Å². The number of aromatic nitrogens is 1. The van der Waals surface area contributed by atoms with Gasteiger partial charge in [0.15, 0.2) is 0 Å². The quantitative estimate of drug-likeness (QED) is 0.362. The molecule has 21 heavy (non-hydrogen) atoms. The number of fused-ring (bicyclic) bond motifs is 5. The molecule has 4 aromatic rings. The van der Waals surface area contributed by atoms with E-state index in [0.29, 0.717) is 0 Å². The van der Waals surface area contributed by atoms with E-state index in [9.17, 15) is 0 Å². The Morgan fingerprint density at radius 2 is 1.43 bits per heavy atom. The Morgan fingerprint density at radius 3 is 2.33 bits per heavy atom. The summed E-state index contributed by atoms with van der Waals surface area (Å²) in [7, 11) is 0. The summed E-state index contributed by atoms with van der Waals surface area (Å²) in [4.78, 5) is 0. The van der Waals surface area contributed by atoms with Crippen LogP contribution in [0.4, 0.5) is 0 Å². The van der Waals surface area contributed by atoms with Crippen LogP contribution in [0.1, 0.15) is 11.1 Å². The van der Waals surface area contributed by atoms with Gasteiger partial charge in [-0.3, -0.25) is 0 Å². The van der Waals surface area contributed by atoms with Crippen LogP contribution >= 0.6 is 11.6 Å². The molecule has 0 amide bonds. The third-order valence-electron chi connectivity index (χ3n) is 4.46. The van der Waals surface area contributed by atoms with Gasteiger partial charge in [-0.2, -0.15) is 0 Å². The number of hydrogen-bond acceptors (Lipinski definition) is 0. The predicted octanol–water partition coefficient (Wildman–Crippen LogP) is 5.34. The van der Waals surface area contributed by atoms with Crippen LogP contribution in [0.2, 0.25) is 5.02 Å². The van der Waals surface area contributed by atoms with Crippen LogP contribution in [-0.2, 0) is 6.42 Å². The van der Waals surface area contributed by atoms with Crippen LogP contribution in [0.25, 0.3) is 27.5 Å². The molecule has 1 aliphatic rings. The number of benzene rings is 3. The SMILES string of the molecule is Clc1cccc2c3cccc4c3n(c12)-c1ccccc1C4. The Hall–Kier alpha value is -2.25. The lowest BCUT2D eigenvalue weighted by Gasteiger charge is -2.20. The Kier molecular flexibility index (Phi) is 2.12. The number of halogens is 1. The minimum atomic E-state index is 0.811. The number of hydrogen-bond donors (Lipinski definition) is 0. The second-order valence-corrected chi connectivity index (χ2v) is 6.00. The zero-order valence-electron chi connectivity index (χ0n) is 11.3. The highest BCUT2D eigenvalue weighted by Gasteiger charge is 2.22. The molecular weight excluding hydrogens is 278 g/mol. The molecule has 2 heterocycles. The second-order valence-electron chi connectivity index (χ2n) is 5.59. The summed E-state index contributed by atoms with van der Waals surface area (Å²) in [5.41, 5.74) is 6.41. The van der Waals surface area contributed by atoms with Crippen LogP contribution in [0.15, 0.2) is 60.7 Å². The lowest BCUT2D eigenvalue weighted by molar-refractivity contribution is 1.04. The first-order chi connectivity index (χ1) is 10.3. The Morgan fingerprint density at radius 1 is 0.714 bits per heavy atom. The topological polar surface area (TPSA) is 4.93 Å². The fraction of sp³-hybridized carbons (Fsp3) is 0.0526. The maximum atomic E-state index is 6.53. The fourth-order valence-corrected chi connectivity index (χ4v) is 3.87. The third kappa shape index (κ3) is 1.37. The van der Waals surface area contributed by atoms with Crippen LogP contribution in [0, 0.1) is 0 Å². The minimum absolute atomic E-state index is 0.811. The highest BCUT2D eigenvalue weighted by atomic mass is 35.5. The van der Waals surface area contributed by atoms with Gasteiger partial charge in [-0.25, -0.2) is 0 Å². The molecule has 0 N–H and O–H groups in total. The van der Waals surface area contributed by atoms with Gasteiger partial charge in [0.25, 0.3) is 0 Å². The van der Waals surface area contributed by atoms with Crippen molar-refractivity contribution in [2.24, 2.45) is 0 Å². The lowest BCUT2D eigenvalue weighted by atomic mass is 9.98. The summed E-state index contributed by atoms with van der Waals surface area (Å²) < 4.78 is 2.33. The van der Waals surface area contributed by atoms with E-state index in [1.165, 1.54) is 33.1 Å². The predicted molar refractivity (Wildman–Crippen MR) is 88.6 cm³/mol. The van der Waals surface area contributed by atoms with Gasteiger partial charge in [0.05, 0.1) is 16.1 Å². The average Bonchev–Trinajstić information content (AvgIpc) is 2.86.